The zero-order valence-electron chi connectivity index (χ0n) is 13.6. The summed E-state index contributed by atoms with van der Waals surface area (Å²) in [5.41, 5.74) is 3.43. The minimum absolute atomic E-state index is 0.220. The van der Waals surface area contributed by atoms with E-state index in [0.29, 0.717) is 0 Å². The molecule has 0 aromatic carbocycles. The highest BCUT2D eigenvalue weighted by molar-refractivity contribution is 5.95. The van der Waals surface area contributed by atoms with Crippen molar-refractivity contribution >= 4 is 5.91 Å². The molecule has 1 amide bonds. The molecule has 3 nitrogen and oxygen atoms in total. The van der Waals surface area contributed by atoms with Gasteiger partial charge in [0.2, 0.25) is 0 Å². The van der Waals surface area contributed by atoms with Crippen LogP contribution in [0, 0.1) is 19.3 Å². The molecule has 0 spiro atoms. The van der Waals surface area contributed by atoms with Crippen molar-refractivity contribution in [3.8, 4) is 0 Å². The number of rotatable bonds is 2. The van der Waals surface area contributed by atoms with Gasteiger partial charge in [-0.25, -0.2) is 0 Å². The van der Waals surface area contributed by atoms with Gasteiger partial charge in [0.1, 0.15) is 0 Å². The molecular weight excluding hydrogens is 248 g/mol. The summed E-state index contributed by atoms with van der Waals surface area (Å²) >= 11 is 0. The first-order valence-corrected chi connectivity index (χ1v) is 7.75. The second-order valence-electron chi connectivity index (χ2n) is 7.28. The third kappa shape index (κ3) is 3.25. The first kappa shape index (κ1) is 15.1. The number of piperidine rings is 1. The van der Waals surface area contributed by atoms with E-state index in [-0.39, 0.29) is 11.3 Å². The van der Waals surface area contributed by atoms with Crippen molar-refractivity contribution in [3.05, 3.63) is 23.0 Å². The van der Waals surface area contributed by atoms with Gasteiger partial charge >= 0.3 is 0 Å². The SMILES string of the molecule is Cc1cc(C(=O)N2CCCCC2)c(C)n1CC(C)(C)C. The van der Waals surface area contributed by atoms with Crippen molar-refractivity contribution in [2.45, 2.75) is 60.4 Å². The molecule has 1 aromatic heterocycles. The highest BCUT2D eigenvalue weighted by atomic mass is 16.2. The average Bonchev–Trinajstić information content (AvgIpc) is 2.65. The molecule has 1 aliphatic heterocycles. The van der Waals surface area contributed by atoms with Gasteiger partial charge in [-0.1, -0.05) is 20.8 Å². The highest BCUT2D eigenvalue weighted by Crippen LogP contribution is 2.24. The van der Waals surface area contributed by atoms with Crippen molar-refractivity contribution in [2.24, 2.45) is 5.41 Å². The molecule has 1 aliphatic rings. The fourth-order valence-electron chi connectivity index (χ4n) is 3.00. The van der Waals surface area contributed by atoms with Crippen LogP contribution in [0.4, 0.5) is 0 Å². The van der Waals surface area contributed by atoms with Gasteiger partial charge in [0, 0.05) is 31.0 Å². The van der Waals surface area contributed by atoms with Gasteiger partial charge in [-0.15, -0.1) is 0 Å². The number of hydrogen-bond donors (Lipinski definition) is 0. The van der Waals surface area contributed by atoms with E-state index in [1.165, 1.54) is 12.1 Å². The Balaban J connectivity index is 2.24. The van der Waals surface area contributed by atoms with Crippen molar-refractivity contribution in [1.29, 1.82) is 0 Å². The minimum Gasteiger partial charge on any atom is -0.348 e. The van der Waals surface area contributed by atoms with E-state index in [9.17, 15) is 4.79 Å². The van der Waals surface area contributed by atoms with Gasteiger partial charge in [0.15, 0.2) is 0 Å². The van der Waals surface area contributed by atoms with Crippen LogP contribution in [0.25, 0.3) is 0 Å². The molecule has 20 heavy (non-hydrogen) atoms. The Morgan fingerprint density at radius 1 is 1.15 bits per heavy atom. The van der Waals surface area contributed by atoms with Crippen LogP contribution in [0.5, 0.6) is 0 Å². The largest absolute Gasteiger partial charge is 0.348 e. The van der Waals surface area contributed by atoms with Crippen molar-refractivity contribution in [2.75, 3.05) is 13.1 Å². The highest BCUT2D eigenvalue weighted by Gasteiger charge is 2.24. The lowest BCUT2D eigenvalue weighted by Gasteiger charge is -2.27. The second-order valence-corrected chi connectivity index (χ2v) is 7.28. The molecule has 2 heterocycles. The first-order valence-electron chi connectivity index (χ1n) is 7.75. The summed E-state index contributed by atoms with van der Waals surface area (Å²) in [6, 6.07) is 2.07. The first-order chi connectivity index (χ1) is 9.29. The normalized spacial score (nSPS) is 16.6. The minimum atomic E-state index is 0.220. The third-order valence-corrected chi connectivity index (χ3v) is 4.08. The Hall–Kier alpha value is -1.25. The molecule has 1 aromatic rings. The van der Waals surface area contributed by atoms with E-state index in [4.69, 9.17) is 0 Å². The molecule has 0 bridgehead atoms. The fraction of sp³-hybridized carbons (Fsp3) is 0.706. The van der Waals surface area contributed by atoms with E-state index in [2.05, 4.69) is 45.3 Å². The zero-order valence-corrected chi connectivity index (χ0v) is 13.6. The summed E-state index contributed by atoms with van der Waals surface area (Å²) < 4.78 is 2.29. The number of amides is 1. The van der Waals surface area contributed by atoms with Crippen LogP contribution in [0.15, 0.2) is 6.07 Å². The van der Waals surface area contributed by atoms with Gasteiger partial charge in [-0.3, -0.25) is 4.79 Å². The lowest BCUT2D eigenvalue weighted by Crippen LogP contribution is -2.35. The maximum atomic E-state index is 12.7. The Labute approximate surface area is 123 Å². The zero-order chi connectivity index (χ0) is 14.9. The Morgan fingerprint density at radius 2 is 1.75 bits per heavy atom. The van der Waals surface area contributed by atoms with Crippen LogP contribution in [0.2, 0.25) is 0 Å². The smallest absolute Gasteiger partial charge is 0.255 e. The molecule has 0 aliphatic carbocycles. The Morgan fingerprint density at radius 3 is 2.30 bits per heavy atom. The number of hydrogen-bond acceptors (Lipinski definition) is 1. The predicted octanol–water partition coefficient (Wildman–Crippen LogP) is 3.78. The average molecular weight is 276 g/mol. The van der Waals surface area contributed by atoms with E-state index in [1.807, 2.05) is 4.90 Å². The van der Waals surface area contributed by atoms with Gasteiger partial charge in [0.25, 0.3) is 5.91 Å². The van der Waals surface area contributed by atoms with E-state index in [0.717, 1.165) is 43.7 Å². The molecule has 1 fully saturated rings. The van der Waals surface area contributed by atoms with Gasteiger partial charge < -0.3 is 9.47 Å². The summed E-state index contributed by atoms with van der Waals surface area (Å²) in [4.78, 5) is 14.7. The van der Waals surface area contributed by atoms with E-state index < -0.39 is 0 Å². The maximum absolute atomic E-state index is 12.7. The van der Waals surface area contributed by atoms with Crippen LogP contribution >= 0.6 is 0 Å². The molecule has 0 radical (unpaired) electrons. The second kappa shape index (κ2) is 5.63. The summed E-state index contributed by atoms with van der Waals surface area (Å²) in [5, 5.41) is 0. The van der Waals surface area contributed by atoms with Crippen LogP contribution in [-0.2, 0) is 6.54 Å². The number of carbonyl (C=O) groups excluding carboxylic acids is 1. The summed E-state index contributed by atoms with van der Waals surface area (Å²) in [5.74, 6) is 0.220. The molecule has 3 heteroatoms. The number of aromatic nitrogens is 1. The number of carbonyl (C=O) groups is 1. The molecule has 0 N–H and O–H groups in total. The van der Waals surface area contributed by atoms with Crippen LogP contribution < -0.4 is 0 Å². The summed E-state index contributed by atoms with van der Waals surface area (Å²) in [6.45, 7) is 13.7. The molecular formula is C17H28N2O. The molecule has 0 atom stereocenters. The van der Waals surface area contributed by atoms with Crippen molar-refractivity contribution in [3.63, 3.8) is 0 Å². The molecule has 2 rings (SSSR count). The van der Waals surface area contributed by atoms with Crippen LogP contribution in [-0.4, -0.2) is 28.5 Å². The number of nitrogens with zero attached hydrogens (tertiary/aromatic N) is 2. The quantitative estimate of drug-likeness (QED) is 0.807. The predicted molar refractivity (Wildman–Crippen MR) is 83.1 cm³/mol. The summed E-state index contributed by atoms with van der Waals surface area (Å²) in [7, 11) is 0. The maximum Gasteiger partial charge on any atom is 0.255 e. The fourth-order valence-corrected chi connectivity index (χ4v) is 3.00. The van der Waals surface area contributed by atoms with E-state index >= 15 is 0 Å². The molecule has 1 saturated heterocycles. The third-order valence-electron chi connectivity index (χ3n) is 4.08. The van der Waals surface area contributed by atoms with E-state index in [1.54, 1.807) is 0 Å². The van der Waals surface area contributed by atoms with Gasteiger partial charge in [-0.05, 0) is 44.6 Å². The standard InChI is InChI=1S/C17H28N2O/c1-13-11-15(14(2)19(13)12-17(3,4)5)16(20)18-9-7-6-8-10-18/h11H,6-10,12H2,1-5H3. The van der Waals surface area contributed by atoms with Crippen molar-refractivity contribution in [1.82, 2.24) is 9.47 Å². The lowest BCUT2D eigenvalue weighted by atomic mass is 9.96. The van der Waals surface area contributed by atoms with Gasteiger partial charge in [0.05, 0.1) is 5.56 Å². The van der Waals surface area contributed by atoms with Crippen LogP contribution in [0.1, 0.15) is 61.8 Å². The Bertz CT molecular complexity index is 488. The Kier molecular flexibility index (Phi) is 4.26. The van der Waals surface area contributed by atoms with Crippen LogP contribution in [0.3, 0.4) is 0 Å². The molecule has 0 saturated carbocycles. The molecule has 112 valence electrons. The molecule has 0 unspecified atom stereocenters. The van der Waals surface area contributed by atoms with Crippen molar-refractivity contribution < 1.29 is 4.79 Å². The van der Waals surface area contributed by atoms with Gasteiger partial charge in [-0.2, -0.15) is 0 Å². The topological polar surface area (TPSA) is 25.2 Å². The summed E-state index contributed by atoms with van der Waals surface area (Å²) in [6.07, 6.45) is 3.55. The monoisotopic (exact) mass is 276 g/mol. The number of likely N-dealkylation sites (tertiary alicyclic amines) is 1. The number of aryl methyl sites for hydroxylation is 1. The lowest BCUT2D eigenvalue weighted by molar-refractivity contribution is 0.0723.